The predicted molar refractivity (Wildman–Crippen MR) is 84.6 cm³/mol. The molecule has 1 aromatic rings. The molecule has 0 saturated carbocycles. The second-order valence-corrected chi connectivity index (χ2v) is 6.76. The molecule has 2 aliphatic rings. The monoisotopic (exact) mass is 301 g/mol. The molecule has 0 aliphatic carbocycles. The molecule has 22 heavy (non-hydrogen) atoms. The summed E-state index contributed by atoms with van der Waals surface area (Å²) in [6, 6.07) is 6.63. The first-order valence-electron chi connectivity index (χ1n) is 7.87. The van der Waals surface area contributed by atoms with E-state index >= 15 is 0 Å². The SMILES string of the molecule is CN1CCCC2(CCN(C(=O)c3ccc(C(N)=O)cc3)C2)C1. The van der Waals surface area contributed by atoms with E-state index in [1.165, 1.54) is 12.8 Å². The van der Waals surface area contributed by atoms with Gasteiger partial charge in [-0.1, -0.05) is 0 Å². The van der Waals surface area contributed by atoms with E-state index in [0.29, 0.717) is 11.1 Å². The molecule has 2 fully saturated rings. The first-order chi connectivity index (χ1) is 10.5. The summed E-state index contributed by atoms with van der Waals surface area (Å²) in [6.07, 6.45) is 3.51. The number of nitrogens with two attached hydrogens (primary N) is 1. The third kappa shape index (κ3) is 2.86. The van der Waals surface area contributed by atoms with Crippen molar-refractivity contribution in [1.29, 1.82) is 0 Å². The van der Waals surface area contributed by atoms with E-state index in [-0.39, 0.29) is 11.3 Å². The third-order valence-electron chi connectivity index (χ3n) is 4.99. The molecule has 5 nitrogen and oxygen atoms in total. The molecule has 1 aromatic carbocycles. The van der Waals surface area contributed by atoms with Gasteiger partial charge in [0.05, 0.1) is 0 Å². The summed E-state index contributed by atoms with van der Waals surface area (Å²) in [6.45, 7) is 3.90. The van der Waals surface area contributed by atoms with Crippen LogP contribution in [0.5, 0.6) is 0 Å². The van der Waals surface area contributed by atoms with Gasteiger partial charge in [-0.3, -0.25) is 9.59 Å². The first-order valence-corrected chi connectivity index (χ1v) is 7.87. The minimum atomic E-state index is -0.468. The number of likely N-dealkylation sites (tertiary alicyclic amines) is 2. The highest BCUT2D eigenvalue weighted by atomic mass is 16.2. The van der Waals surface area contributed by atoms with Gasteiger partial charge < -0.3 is 15.5 Å². The van der Waals surface area contributed by atoms with Gasteiger partial charge in [-0.15, -0.1) is 0 Å². The number of nitrogens with zero attached hydrogens (tertiary/aromatic N) is 2. The van der Waals surface area contributed by atoms with Gasteiger partial charge in [-0.25, -0.2) is 0 Å². The van der Waals surface area contributed by atoms with E-state index < -0.39 is 5.91 Å². The van der Waals surface area contributed by atoms with Crippen molar-refractivity contribution in [3.05, 3.63) is 35.4 Å². The average molecular weight is 301 g/mol. The number of hydrogen-bond acceptors (Lipinski definition) is 3. The molecule has 1 spiro atoms. The number of amides is 2. The van der Waals surface area contributed by atoms with Gasteiger partial charge >= 0.3 is 0 Å². The van der Waals surface area contributed by atoms with E-state index in [4.69, 9.17) is 5.73 Å². The Kier molecular flexibility index (Phi) is 3.91. The Balaban J connectivity index is 1.69. The van der Waals surface area contributed by atoms with Crippen molar-refractivity contribution < 1.29 is 9.59 Å². The van der Waals surface area contributed by atoms with Crippen molar-refractivity contribution in [2.24, 2.45) is 11.1 Å². The zero-order valence-corrected chi connectivity index (χ0v) is 13.0. The summed E-state index contributed by atoms with van der Waals surface area (Å²) in [5.74, 6) is -0.412. The van der Waals surface area contributed by atoms with E-state index in [2.05, 4.69) is 11.9 Å². The van der Waals surface area contributed by atoms with Crippen molar-refractivity contribution >= 4 is 11.8 Å². The minimum absolute atomic E-state index is 0.0566. The van der Waals surface area contributed by atoms with E-state index in [0.717, 1.165) is 32.6 Å². The number of carbonyl (C=O) groups is 2. The smallest absolute Gasteiger partial charge is 0.253 e. The third-order valence-corrected chi connectivity index (χ3v) is 4.99. The molecule has 2 saturated heterocycles. The largest absolute Gasteiger partial charge is 0.366 e. The molecule has 5 heteroatoms. The van der Waals surface area contributed by atoms with Crippen LogP contribution in [0.15, 0.2) is 24.3 Å². The highest BCUT2D eigenvalue weighted by Gasteiger charge is 2.42. The number of piperidine rings is 1. The zero-order chi connectivity index (χ0) is 15.7. The maximum atomic E-state index is 12.6. The van der Waals surface area contributed by atoms with Crippen molar-refractivity contribution in [2.75, 3.05) is 33.2 Å². The normalized spacial score (nSPS) is 25.6. The fraction of sp³-hybridized carbons (Fsp3) is 0.529. The van der Waals surface area contributed by atoms with Crippen LogP contribution in [-0.2, 0) is 0 Å². The maximum Gasteiger partial charge on any atom is 0.253 e. The number of carbonyl (C=O) groups excluding carboxylic acids is 2. The van der Waals surface area contributed by atoms with Crippen molar-refractivity contribution in [1.82, 2.24) is 9.80 Å². The summed E-state index contributed by atoms with van der Waals surface area (Å²) in [5.41, 5.74) is 6.57. The van der Waals surface area contributed by atoms with Crippen LogP contribution in [0, 0.1) is 5.41 Å². The lowest BCUT2D eigenvalue weighted by Crippen LogP contribution is -2.43. The second-order valence-electron chi connectivity index (χ2n) is 6.76. The van der Waals surface area contributed by atoms with Crippen molar-refractivity contribution in [3.63, 3.8) is 0 Å². The molecular weight excluding hydrogens is 278 g/mol. The Hall–Kier alpha value is -1.88. The van der Waals surface area contributed by atoms with Crippen LogP contribution in [-0.4, -0.2) is 54.8 Å². The molecule has 2 aliphatic heterocycles. The van der Waals surface area contributed by atoms with Gasteiger partial charge in [0.2, 0.25) is 5.91 Å². The van der Waals surface area contributed by atoms with E-state index in [1.54, 1.807) is 24.3 Å². The van der Waals surface area contributed by atoms with Crippen LogP contribution in [0.1, 0.15) is 40.0 Å². The molecule has 2 amide bonds. The molecule has 1 unspecified atom stereocenters. The van der Waals surface area contributed by atoms with E-state index in [9.17, 15) is 9.59 Å². The van der Waals surface area contributed by atoms with Gasteiger partial charge in [0.15, 0.2) is 0 Å². The molecule has 0 bridgehead atoms. The van der Waals surface area contributed by atoms with Crippen LogP contribution in [0.4, 0.5) is 0 Å². The number of hydrogen-bond donors (Lipinski definition) is 1. The summed E-state index contributed by atoms with van der Waals surface area (Å²) >= 11 is 0. The van der Waals surface area contributed by atoms with Gasteiger partial charge in [0.1, 0.15) is 0 Å². The number of rotatable bonds is 2. The average Bonchev–Trinajstić information content (AvgIpc) is 2.89. The molecule has 118 valence electrons. The predicted octanol–water partition coefficient (Wildman–Crippen LogP) is 1.34. The lowest BCUT2D eigenvalue weighted by Gasteiger charge is -2.38. The molecule has 0 radical (unpaired) electrons. The quantitative estimate of drug-likeness (QED) is 0.896. The minimum Gasteiger partial charge on any atom is -0.366 e. The van der Waals surface area contributed by atoms with Crippen molar-refractivity contribution in [3.8, 4) is 0 Å². The Morgan fingerprint density at radius 2 is 1.73 bits per heavy atom. The fourth-order valence-corrected chi connectivity index (χ4v) is 3.86. The molecule has 0 aromatic heterocycles. The first kappa shape index (κ1) is 15.0. The Morgan fingerprint density at radius 1 is 1.05 bits per heavy atom. The summed E-state index contributed by atoms with van der Waals surface area (Å²) in [5, 5.41) is 0. The molecule has 1 atom stereocenters. The lowest BCUT2D eigenvalue weighted by molar-refractivity contribution is 0.0722. The standard InChI is InChI=1S/C17H23N3O2/c1-19-9-2-7-17(11-19)8-10-20(12-17)16(22)14-5-3-13(4-6-14)15(18)21/h3-6H,2,7-12H2,1H3,(H2,18,21). The number of benzene rings is 1. The van der Waals surface area contributed by atoms with Gasteiger partial charge in [0.25, 0.3) is 5.91 Å². The molecule has 3 rings (SSSR count). The van der Waals surface area contributed by atoms with Crippen LogP contribution < -0.4 is 5.73 Å². The fourth-order valence-electron chi connectivity index (χ4n) is 3.86. The lowest BCUT2D eigenvalue weighted by atomic mass is 9.79. The van der Waals surface area contributed by atoms with Crippen LogP contribution >= 0.6 is 0 Å². The second kappa shape index (κ2) is 5.72. The van der Waals surface area contributed by atoms with Crippen LogP contribution in [0.25, 0.3) is 0 Å². The van der Waals surface area contributed by atoms with E-state index in [1.807, 2.05) is 4.90 Å². The zero-order valence-electron chi connectivity index (χ0n) is 13.0. The topological polar surface area (TPSA) is 66.6 Å². The van der Waals surface area contributed by atoms with Gasteiger partial charge in [-0.2, -0.15) is 0 Å². The summed E-state index contributed by atoms with van der Waals surface area (Å²) < 4.78 is 0. The Labute approximate surface area is 131 Å². The van der Waals surface area contributed by atoms with Crippen LogP contribution in [0.3, 0.4) is 0 Å². The van der Waals surface area contributed by atoms with Crippen LogP contribution in [0.2, 0.25) is 0 Å². The highest BCUT2D eigenvalue weighted by Crippen LogP contribution is 2.38. The Bertz CT molecular complexity index is 584. The van der Waals surface area contributed by atoms with Gasteiger partial charge in [0, 0.05) is 36.2 Å². The van der Waals surface area contributed by atoms with Gasteiger partial charge in [-0.05, 0) is 57.1 Å². The maximum absolute atomic E-state index is 12.6. The Morgan fingerprint density at radius 3 is 2.36 bits per heavy atom. The molecule has 2 N–H and O–H groups in total. The molecule has 2 heterocycles. The number of primary amides is 1. The van der Waals surface area contributed by atoms with Crippen molar-refractivity contribution in [2.45, 2.75) is 19.3 Å². The summed E-state index contributed by atoms with van der Waals surface area (Å²) in [4.78, 5) is 28.1. The summed E-state index contributed by atoms with van der Waals surface area (Å²) in [7, 11) is 2.16. The molecular formula is C17H23N3O2. The highest BCUT2D eigenvalue weighted by molar-refractivity contribution is 5.97.